The van der Waals surface area contributed by atoms with Crippen molar-refractivity contribution in [3.05, 3.63) is 29.8 Å². The summed E-state index contributed by atoms with van der Waals surface area (Å²) in [5.74, 6) is -2.08. The zero-order valence-corrected chi connectivity index (χ0v) is 13.7. The summed E-state index contributed by atoms with van der Waals surface area (Å²) in [5, 5.41) is 18.4. The summed E-state index contributed by atoms with van der Waals surface area (Å²) in [6, 6.07) is 6.12. The molecule has 0 saturated heterocycles. The van der Waals surface area contributed by atoms with Crippen molar-refractivity contribution in [3.8, 4) is 5.75 Å². The molecule has 1 unspecified atom stereocenters. The fourth-order valence-electron chi connectivity index (χ4n) is 2.42. The number of benzene rings is 1. The van der Waals surface area contributed by atoms with E-state index in [2.05, 4.69) is 6.92 Å². The van der Waals surface area contributed by atoms with Crippen LogP contribution in [0.2, 0.25) is 0 Å². The molecule has 5 nitrogen and oxygen atoms in total. The zero-order chi connectivity index (χ0) is 17.1. The maximum atomic E-state index is 11.3. The Hall–Kier alpha value is -2.04. The van der Waals surface area contributed by atoms with Gasteiger partial charge in [0.1, 0.15) is 11.3 Å². The molecule has 0 fully saturated rings. The molecule has 0 aliphatic carbocycles. The maximum absolute atomic E-state index is 11.3. The van der Waals surface area contributed by atoms with Crippen molar-refractivity contribution in [2.45, 2.75) is 64.4 Å². The highest BCUT2D eigenvalue weighted by Gasteiger charge is 2.21. The van der Waals surface area contributed by atoms with Crippen LogP contribution in [0.4, 0.5) is 0 Å². The molecular formula is C18H26O5. The summed E-state index contributed by atoms with van der Waals surface area (Å²) >= 11 is 0. The molecule has 0 aliphatic heterocycles. The Morgan fingerprint density at radius 2 is 1.61 bits per heavy atom. The van der Waals surface area contributed by atoms with Crippen LogP contribution >= 0.6 is 0 Å². The third-order valence-electron chi connectivity index (χ3n) is 3.73. The molecule has 0 aliphatic rings. The number of hydrogen-bond donors (Lipinski definition) is 2. The van der Waals surface area contributed by atoms with Gasteiger partial charge in [-0.05, 0) is 25.0 Å². The van der Waals surface area contributed by atoms with Gasteiger partial charge in [0.25, 0.3) is 0 Å². The van der Waals surface area contributed by atoms with Crippen LogP contribution in [0.5, 0.6) is 5.75 Å². The zero-order valence-electron chi connectivity index (χ0n) is 13.7. The van der Waals surface area contributed by atoms with E-state index in [1.165, 1.54) is 37.8 Å². The molecule has 1 aromatic carbocycles. The Morgan fingerprint density at radius 3 is 2.22 bits per heavy atom. The minimum absolute atomic E-state index is 0.0154. The molecule has 2 N–H and O–H groups in total. The first-order valence-corrected chi connectivity index (χ1v) is 8.28. The lowest BCUT2D eigenvalue weighted by Gasteiger charge is -2.16. The van der Waals surface area contributed by atoms with Crippen LogP contribution in [0.15, 0.2) is 24.3 Å². The summed E-state index contributed by atoms with van der Waals surface area (Å²) in [6.07, 6.45) is 7.05. The van der Waals surface area contributed by atoms with E-state index in [4.69, 9.17) is 9.84 Å². The third kappa shape index (κ3) is 7.17. The lowest BCUT2D eigenvalue weighted by atomic mass is 10.1. The van der Waals surface area contributed by atoms with Crippen LogP contribution in [0.25, 0.3) is 0 Å². The average Bonchev–Trinajstić information content (AvgIpc) is 2.53. The van der Waals surface area contributed by atoms with Gasteiger partial charge in [-0.25, -0.2) is 9.59 Å². The van der Waals surface area contributed by atoms with Crippen molar-refractivity contribution >= 4 is 11.9 Å². The number of hydrogen-bond acceptors (Lipinski definition) is 3. The number of carboxylic acid groups (broad SMARTS) is 2. The quantitative estimate of drug-likeness (QED) is 0.559. The van der Waals surface area contributed by atoms with E-state index in [1.54, 1.807) is 12.1 Å². The molecule has 0 amide bonds. The van der Waals surface area contributed by atoms with Gasteiger partial charge in [-0.3, -0.25) is 0 Å². The summed E-state index contributed by atoms with van der Waals surface area (Å²) in [5.41, 5.74) is -0.0154. The topological polar surface area (TPSA) is 83.8 Å². The second kappa shape index (κ2) is 10.6. The van der Waals surface area contributed by atoms with E-state index in [-0.39, 0.29) is 11.3 Å². The molecule has 0 radical (unpaired) electrons. The van der Waals surface area contributed by atoms with E-state index in [0.29, 0.717) is 6.42 Å². The normalized spacial score (nSPS) is 11.9. The molecule has 0 saturated carbocycles. The van der Waals surface area contributed by atoms with Gasteiger partial charge in [0, 0.05) is 0 Å². The van der Waals surface area contributed by atoms with Gasteiger partial charge >= 0.3 is 11.9 Å². The van der Waals surface area contributed by atoms with Crippen LogP contribution in [0, 0.1) is 0 Å². The molecule has 1 rings (SSSR count). The van der Waals surface area contributed by atoms with Crippen LogP contribution < -0.4 is 4.74 Å². The molecule has 0 heterocycles. The van der Waals surface area contributed by atoms with Crippen LogP contribution in [-0.2, 0) is 4.79 Å². The highest BCUT2D eigenvalue weighted by molar-refractivity contribution is 5.91. The first-order chi connectivity index (χ1) is 11.1. The molecule has 0 bridgehead atoms. The monoisotopic (exact) mass is 322 g/mol. The Labute approximate surface area is 137 Å². The average molecular weight is 322 g/mol. The number of unbranched alkanes of at least 4 members (excludes halogenated alkanes) is 6. The van der Waals surface area contributed by atoms with E-state index >= 15 is 0 Å². The smallest absolute Gasteiger partial charge is 0.344 e. The van der Waals surface area contributed by atoms with Crippen molar-refractivity contribution in [2.75, 3.05) is 0 Å². The van der Waals surface area contributed by atoms with Crippen LogP contribution in [0.1, 0.15) is 68.6 Å². The lowest BCUT2D eigenvalue weighted by Crippen LogP contribution is -2.27. The largest absolute Gasteiger partial charge is 0.479 e. The first kappa shape index (κ1) is 19.0. The Bertz CT molecular complexity index is 498. The first-order valence-electron chi connectivity index (χ1n) is 8.28. The van der Waals surface area contributed by atoms with Gasteiger partial charge in [-0.1, -0.05) is 57.6 Å². The van der Waals surface area contributed by atoms with Gasteiger partial charge in [-0.15, -0.1) is 0 Å². The van der Waals surface area contributed by atoms with Crippen molar-refractivity contribution in [1.82, 2.24) is 0 Å². The maximum Gasteiger partial charge on any atom is 0.344 e. The number of ether oxygens (including phenoxy) is 1. The molecule has 0 spiro atoms. The lowest BCUT2D eigenvalue weighted by molar-refractivity contribution is -0.145. The SMILES string of the molecule is CCCCCCCCCC(Oc1ccccc1C(=O)O)C(=O)O. The van der Waals surface area contributed by atoms with E-state index in [9.17, 15) is 14.7 Å². The van der Waals surface area contributed by atoms with Crippen molar-refractivity contribution in [1.29, 1.82) is 0 Å². The van der Waals surface area contributed by atoms with Gasteiger partial charge in [-0.2, -0.15) is 0 Å². The fourth-order valence-corrected chi connectivity index (χ4v) is 2.42. The van der Waals surface area contributed by atoms with Gasteiger partial charge in [0.2, 0.25) is 0 Å². The van der Waals surface area contributed by atoms with E-state index in [0.717, 1.165) is 19.3 Å². The number of aliphatic carboxylic acids is 1. The predicted molar refractivity (Wildman–Crippen MR) is 88.1 cm³/mol. The molecular weight excluding hydrogens is 296 g/mol. The second-order valence-corrected chi connectivity index (χ2v) is 5.66. The molecule has 23 heavy (non-hydrogen) atoms. The third-order valence-corrected chi connectivity index (χ3v) is 3.73. The molecule has 5 heteroatoms. The molecule has 1 atom stereocenters. The number of aromatic carboxylic acids is 1. The summed E-state index contributed by atoms with van der Waals surface area (Å²) in [4.78, 5) is 22.4. The van der Waals surface area contributed by atoms with E-state index < -0.39 is 18.0 Å². The van der Waals surface area contributed by atoms with Gasteiger partial charge in [0.05, 0.1) is 0 Å². The Kier molecular flexibility index (Phi) is 8.80. The number of carboxylic acids is 2. The minimum atomic E-state index is -1.12. The van der Waals surface area contributed by atoms with Crippen molar-refractivity contribution < 1.29 is 24.5 Å². The van der Waals surface area contributed by atoms with Crippen LogP contribution in [0.3, 0.4) is 0 Å². The summed E-state index contributed by atoms with van der Waals surface area (Å²) < 4.78 is 5.43. The fraction of sp³-hybridized carbons (Fsp3) is 0.556. The summed E-state index contributed by atoms with van der Waals surface area (Å²) in [7, 11) is 0. The molecule has 1 aromatic rings. The minimum Gasteiger partial charge on any atom is -0.479 e. The molecule has 0 aromatic heterocycles. The highest BCUT2D eigenvalue weighted by Crippen LogP contribution is 2.21. The standard InChI is InChI=1S/C18H26O5/c1-2-3-4-5-6-7-8-13-16(18(21)22)23-15-12-10-9-11-14(15)17(19)20/h9-12,16H,2-8,13H2,1H3,(H,19,20)(H,21,22). The predicted octanol–water partition coefficient (Wildman–Crippen LogP) is 4.36. The number of carbonyl (C=O) groups is 2. The van der Waals surface area contributed by atoms with Crippen LogP contribution in [-0.4, -0.2) is 28.3 Å². The van der Waals surface area contributed by atoms with Crippen molar-refractivity contribution in [2.24, 2.45) is 0 Å². The Morgan fingerprint density at radius 1 is 1.00 bits per heavy atom. The number of rotatable bonds is 12. The molecule has 128 valence electrons. The summed E-state index contributed by atoms with van der Waals surface area (Å²) in [6.45, 7) is 2.17. The Balaban J connectivity index is 2.47. The van der Waals surface area contributed by atoms with E-state index in [1.807, 2.05) is 0 Å². The highest BCUT2D eigenvalue weighted by atomic mass is 16.5. The van der Waals surface area contributed by atoms with Gasteiger partial charge < -0.3 is 14.9 Å². The second-order valence-electron chi connectivity index (χ2n) is 5.66. The van der Waals surface area contributed by atoms with Gasteiger partial charge in [0.15, 0.2) is 6.10 Å². The number of para-hydroxylation sites is 1. The van der Waals surface area contributed by atoms with Crippen molar-refractivity contribution in [3.63, 3.8) is 0 Å².